The third-order valence-electron chi connectivity index (χ3n) is 5.29. The van der Waals surface area contributed by atoms with Crippen LogP contribution in [0.2, 0.25) is 0 Å². The van der Waals surface area contributed by atoms with Gasteiger partial charge in [-0.3, -0.25) is 9.78 Å². The number of carbonyl (C=O) groups is 1. The average molecular weight is 500 g/mol. The van der Waals surface area contributed by atoms with Crippen molar-refractivity contribution in [1.29, 1.82) is 0 Å². The molecule has 0 radical (unpaired) electrons. The molecular weight excluding hydrogens is 466 g/mol. The van der Waals surface area contributed by atoms with Gasteiger partial charge in [-0.1, -0.05) is 39.8 Å². The summed E-state index contributed by atoms with van der Waals surface area (Å²) >= 11 is 0. The predicted octanol–water partition coefficient (Wildman–Crippen LogP) is 3.82. The number of carboxylic acid groups (broad SMARTS) is 1. The van der Waals surface area contributed by atoms with E-state index in [4.69, 9.17) is 0 Å². The molecule has 2 aromatic heterocycles. The lowest BCUT2D eigenvalue weighted by Gasteiger charge is -2.27. The Morgan fingerprint density at radius 1 is 1.00 bits per heavy atom. The maximum Gasteiger partial charge on any atom is 0.322 e. The molecule has 0 bridgehead atoms. The molecular formula is C25H33N5O4S. The molecule has 0 saturated heterocycles. The SMILES string of the molecule is CC(C)CN(CC(C)C)S(=O)(=O)N[C@@H](Cc1ccc(Nc2nccc3cnccc23)cc1)C(=O)O. The number of carboxylic acids is 1. The number of hydrogen-bond donors (Lipinski definition) is 3. The van der Waals surface area contributed by atoms with Crippen LogP contribution in [0.5, 0.6) is 0 Å². The minimum atomic E-state index is -3.97. The number of hydrogen-bond acceptors (Lipinski definition) is 6. The highest BCUT2D eigenvalue weighted by Crippen LogP contribution is 2.24. The van der Waals surface area contributed by atoms with Crippen LogP contribution in [0.1, 0.15) is 33.3 Å². The van der Waals surface area contributed by atoms with Crippen LogP contribution in [-0.4, -0.2) is 52.9 Å². The fraction of sp³-hybridized carbons (Fsp3) is 0.400. The van der Waals surface area contributed by atoms with Crippen molar-refractivity contribution in [3.63, 3.8) is 0 Å². The number of rotatable bonds is 12. The molecule has 3 aromatic rings. The first-order valence-corrected chi connectivity index (χ1v) is 13.0. The molecule has 0 unspecified atom stereocenters. The molecule has 3 N–H and O–H groups in total. The van der Waals surface area contributed by atoms with Crippen molar-refractivity contribution in [2.75, 3.05) is 18.4 Å². The van der Waals surface area contributed by atoms with Gasteiger partial charge in [-0.15, -0.1) is 0 Å². The Balaban J connectivity index is 1.73. The maximum atomic E-state index is 13.0. The number of nitrogens with zero attached hydrogens (tertiary/aromatic N) is 3. The largest absolute Gasteiger partial charge is 0.480 e. The van der Waals surface area contributed by atoms with Gasteiger partial charge in [-0.2, -0.15) is 17.4 Å². The number of aliphatic carboxylic acids is 1. The first-order valence-electron chi connectivity index (χ1n) is 11.6. The van der Waals surface area contributed by atoms with Gasteiger partial charge in [0.2, 0.25) is 0 Å². The Bertz CT molecular complexity index is 1230. The number of pyridine rings is 2. The van der Waals surface area contributed by atoms with Gasteiger partial charge >= 0.3 is 5.97 Å². The lowest BCUT2D eigenvalue weighted by Crippen LogP contribution is -2.50. The molecule has 1 aromatic carbocycles. The molecule has 0 saturated carbocycles. The zero-order chi connectivity index (χ0) is 25.6. The minimum Gasteiger partial charge on any atom is -0.480 e. The molecule has 0 fully saturated rings. The third kappa shape index (κ3) is 7.45. The van der Waals surface area contributed by atoms with E-state index in [0.29, 0.717) is 24.5 Å². The third-order valence-corrected chi connectivity index (χ3v) is 6.85. The van der Waals surface area contributed by atoms with E-state index >= 15 is 0 Å². The van der Waals surface area contributed by atoms with Crippen molar-refractivity contribution in [3.05, 3.63) is 60.6 Å². The Labute approximate surface area is 206 Å². The molecule has 0 aliphatic heterocycles. The summed E-state index contributed by atoms with van der Waals surface area (Å²) in [7, 11) is -3.97. The van der Waals surface area contributed by atoms with Gasteiger partial charge in [0, 0.05) is 48.1 Å². The van der Waals surface area contributed by atoms with Crippen LogP contribution in [0.3, 0.4) is 0 Å². The van der Waals surface area contributed by atoms with Crippen molar-refractivity contribution in [2.24, 2.45) is 11.8 Å². The van der Waals surface area contributed by atoms with Crippen molar-refractivity contribution in [2.45, 2.75) is 40.2 Å². The molecule has 9 nitrogen and oxygen atoms in total. The average Bonchev–Trinajstić information content (AvgIpc) is 2.79. The van der Waals surface area contributed by atoms with Crippen molar-refractivity contribution < 1.29 is 18.3 Å². The summed E-state index contributed by atoms with van der Waals surface area (Å²) in [5.74, 6) is -0.315. The van der Waals surface area contributed by atoms with Gasteiger partial charge in [0.15, 0.2) is 0 Å². The first kappa shape index (κ1) is 26.5. The van der Waals surface area contributed by atoms with Crippen LogP contribution in [0, 0.1) is 11.8 Å². The second-order valence-corrected chi connectivity index (χ2v) is 11.1. The lowest BCUT2D eigenvalue weighted by molar-refractivity contribution is -0.138. The fourth-order valence-corrected chi connectivity index (χ4v) is 5.41. The molecule has 0 spiro atoms. The van der Waals surface area contributed by atoms with E-state index in [0.717, 1.165) is 16.5 Å². The van der Waals surface area contributed by atoms with Crippen LogP contribution in [0.25, 0.3) is 10.8 Å². The molecule has 0 aliphatic rings. The summed E-state index contributed by atoms with van der Waals surface area (Å²) in [5, 5.41) is 14.9. The van der Waals surface area contributed by atoms with E-state index < -0.39 is 22.2 Å². The highest BCUT2D eigenvalue weighted by atomic mass is 32.2. The first-order chi connectivity index (χ1) is 16.5. The number of benzene rings is 1. The summed E-state index contributed by atoms with van der Waals surface area (Å²) in [4.78, 5) is 20.4. The summed E-state index contributed by atoms with van der Waals surface area (Å²) in [6.45, 7) is 8.35. The summed E-state index contributed by atoms with van der Waals surface area (Å²) in [6.07, 6.45) is 5.19. The van der Waals surface area contributed by atoms with Gasteiger partial charge in [-0.25, -0.2) is 4.98 Å². The quantitative estimate of drug-likeness (QED) is 0.346. The highest BCUT2D eigenvalue weighted by molar-refractivity contribution is 7.87. The van der Waals surface area contributed by atoms with E-state index in [9.17, 15) is 18.3 Å². The van der Waals surface area contributed by atoms with Gasteiger partial charge in [0.25, 0.3) is 10.2 Å². The molecule has 0 aliphatic carbocycles. The molecule has 10 heteroatoms. The molecule has 1 atom stereocenters. The smallest absolute Gasteiger partial charge is 0.322 e. The van der Waals surface area contributed by atoms with E-state index in [-0.39, 0.29) is 18.3 Å². The second kappa shape index (κ2) is 11.6. The normalized spacial score (nSPS) is 13.0. The highest BCUT2D eigenvalue weighted by Gasteiger charge is 2.30. The minimum absolute atomic E-state index is 0.0181. The Morgan fingerprint density at radius 2 is 1.66 bits per heavy atom. The van der Waals surface area contributed by atoms with E-state index in [1.807, 2.05) is 52.0 Å². The molecule has 3 rings (SSSR count). The summed E-state index contributed by atoms with van der Waals surface area (Å²) in [5.41, 5.74) is 1.47. The zero-order valence-corrected chi connectivity index (χ0v) is 21.3. The van der Waals surface area contributed by atoms with Gasteiger partial charge in [0.05, 0.1) is 0 Å². The maximum absolute atomic E-state index is 13.0. The summed E-state index contributed by atoms with van der Waals surface area (Å²) in [6, 6.07) is 9.66. The van der Waals surface area contributed by atoms with Crippen LogP contribution in [-0.2, 0) is 21.4 Å². The topological polar surface area (TPSA) is 125 Å². The Morgan fingerprint density at radius 3 is 2.26 bits per heavy atom. The Kier molecular flexibility index (Phi) is 8.76. The van der Waals surface area contributed by atoms with Crippen LogP contribution in [0.15, 0.2) is 55.0 Å². The lowest BCUT2D eigenvalue weighted by atomic mass is 10.1. The molecule has 188 valence electrons. The summed E-state index contributed by atoms with van der Waals surface area (Å²) < 4.78 is 29.7. The van der Waals surface area contributed by atoms with Crippen LogP contribution >= 0.6 is 0 Å². The van der Waals surface area contributed by atoms with Crippen LogP contribution in [0.4, 0.5) is 11.5 Å². The van der Waals surface area contributed by atoms with Crippen LogP contribution < -0.4 is 10.0 Å². The number of aromatic nitrogens is 2. The second-order valence-electron chi connectivity index (χ2n) is 9.40. The Hall–Kier alpha value is -3.08. The van der Waals surface area contributed by atoms with Crippen molar-refractivity contribution in [1.82, 2.24) is 19.0 Å². The number of fused-ring (bicyclic) bond motifs is 1. The van der Waals surface area contributed by atoms with E-state index in [2.05, 4.69) is 20.0 Å². The van der Waals surface area contributed by atoms with Gasteiger partial charge in [-0.05, 0) is 48.1 Å². The molecule has 35 heavy (non-hydrogen) atoms. The van der Waals surface area contributed by atoms with Gasteiger partial charge < -0.3 is 10.4 Å². The van der Waals surface area contributed by atoms with E-state index in [1.165, 1.54) is 4.31 Å². The monoisotopic (exact) mass is 499 g/mol. The zero-order valence-electron chi connectivity index (χ0n) is 20.5. The standard InChI is InChI=1S/C25H33N5O4S/c1-17(2)15-30(16-18(3)4)35(33,34)29-23(25(31)32)13-19-5-7-21(8-6-19)28-24-22-10-11-26-14-20(22)9-12-27-24/h5-12,14,17-18,23,29H,13,15-16H2,1-4H3,(H,27,28)(H,31,32)/t23-/m0/s1. The van der Waals surface area contributed by atoms with E-state index in [1.54, 1.807) is 30.7 Å². The number of anilines is 2. The predicted molar refractivity (Wildman–Crippen MR) is 138 cm³/mol. The van der Waals surface area contributed by atoms with Crippen molar-refractivity contribution >= 4 is 38.5 Å². The fourth-order valence-electron chi connectivity index (χ4n) is 3.73. The van der Waals surface area contributed by atoms with Crippen molar-refractivity contribution in [3.8, 4) is 0 Å². The molecule has 0 amide bonds. The molecule has 2 heterocycles. The van der Waals surface area contributed by atoms with Gasteiger partial charge in [0.1, 0.15) is 11.9 Å². The number of nitrogens with one attached hydrogen (secondary N) is 2.